The monoisotopic (exact) mass is 292 g/mol. The Morgan fingerprint density at radius 1 is 1.09 bits per heavy atom. The molecule has 0 fully saturated rings. The summed E-state index contributed by atoms with van der Waals surface area (Å²) in [5, 5.41) is 10.0. The molecule has 0 spiro atoms. The predicted molar refractivity (Wildman–Crippen MR) is 90.5 cm³/mol. The maximum atomic E-state index is 10.0. The maximum Gasteiger partial charge on any atom is 0.122 e. The molecule has 1 N–H and O–H groups in total. The van der Waals surface area contributed by atoms with Gasteiger partial charge in [-0.2, -0.15) is 0 Å². The Kier molecular flexibility index (Phi) is 4.71. The van der Waals surface area contributed by atoms with Crippen LogP contribution in [0.25, 0.3) is 11.6 Å². The van der Waals surface area contributed by atoms with E-state index < -0.39 is 0 Å². The average Bonchev–Trinajstić information content (AvgIpc) is 3.07. The number of allylic oxidation sites excluding steroid dienone is 1. The zero-order chi connectivity index (χ0) is 15.2. The predicted octanol–water partition coefficient (Wildman–Crippen LogP) is 4.67. The molecule has 0 aliphatic carbocycles. The molecule has 2 heteroatoms. The summed E-state index contributed by atoms with van der Waals surface area (Å²) in [6.45, 7) is 0.717. The molecular formula is C20H20O2. The first-order valence-electron chi connectivity index (χ1n) is 7.65. The third-order valence-electron chi connectivity index (χ3n) is 3.87. The topological polar surface area (TPSA) is 29.5 Å². The molecule has 1 aliphatic rings. The van der Waals surface area contributed by atoms with Crippen molar-refractivity contribution in [1.82, 2.24) is 0 Å². The molecule has 0 amide bonds. The summed E-state index contributed by atoms with van der Waals surface area (Å²) >= 11 is 0. The molecule has 1 heterocycles. The highest BCUT2D eigenvalue weighted by Crippen LogP contribution is 2.28. The second-order valence-electron chi connectivity index (χ2n) is 5.43. The van der Waals surface area contributed by atoms with Gasteiger partial charge in [0.1, 0.15) is 5.75 Å². The number of benzene rings is 2. The number of hydrogen-bond donors (Lipinski definition) is 1. The molecule has 0 aromatic heterocycles. The highest BCUT2D eigenvalue weighted by atomic mass is 16.5. The summed E-state index contributed by atoms with van der Waals surface area (Å²) in [6, 6.07) is 17.8. The van der Waals surface area contributed by atoms with Crippen LogP contribution < -0.4 is 0 Å². The smallest absolute Gasteiger partial charge is 0.122 e. The van der Waals surface area contributed by atoms with E-state index in [4.69, 9.17) is 4.74 Å². The minimum atomic E-state index is 0.205. The van der Waals surface area contributed by atoms with Crippen LogP contribution in [0.2, 0.25) is 0 Å². The van der Waals surface area contributed by atoms with Gasteiger partial charge in [0.05, 0.1) is 12.7 Å². The minimum absolute atomic E-state index is 0.205. The van der Waals surface area contributed by atoms with Crippen molar-refractivity contribution in [2.45, 2.75) is 18.9 Å². The van der Waals surface area contributed by atoms with Gasteiger partial charge in [-0.05, 0) is 36.1 Å². The summed E-state index contributed by atoms with van der Waals surface area (Å²) in [6.07, 6.45) is 8.33. The van der Waals surface area contributed by atoms with Crippen LogP contribution in [0.5, 0.6) is 5.75 Å². The van der Waals surface area contributed by atoms with Crippen LogP contribution >= 0.6 is 0 Å². The van der Waals surface area contributed by atoms with E-state index in [-0.39, 0.29) is 6.10 Å². The van der Waals surface area contributed by atoms with Crippen LogP contribution in [0.4, 0.5) is 0 Å². The van der Waals surface area contributed by atoms with Crippen molar-refractivity contribution in [2.75, 3.05) is 6.61 Å². The summed E-state index contributed by atoms with van der Waals surface area (Å²) in [5.41, 5.74) is 3.25. The van der Waals surface area contributed by atoms with Gasteiger partial charge in [0.25, 0.3) is 0 Å². The fourth-order valence-corrected chi connectivity index (χ4v) is 2.67. The Hall–Kier alpha value is -2.32. The van der Waals surface area contributed by atoms with E-state index in [0.29, 0.717) is 12.4 Å². The molecule has 1 aliphatic heterocycles. The van der Waals surface area contributed by atoms with Gasteiger partial charge in [-0.25, -0.2) is 0 Å². The fraction of sp³-hybridized carbons (Fsp3) is 0.200. The standard InChI is InChI=1S/C20H20O2/c21-20-11-5-4-9-18(20)15-17(16-7-2-1-3-8-16)12-13-19-10-6-14-22-19/h1-11,15,19,21H,12-14H2/b17-15-/t19-/m0/s1. The number of ether oxygens (including phenoxy) is 1. The van der Waals surface area contributed by atoms with Crippen molar-refractivity contribution in [2.24, 2.45) is 0 Å². The SMILES string of the molecule is Oc1ccccc1/C=C(/CC[C@@H]1C=CCO1)c1ccccc1. The third-order valence-corrected chi connectivity index (χ3v) is 3.87. The van der Waals surface area contributed by atoms with Crippen molar-refractivity contribution in [3.8, 4) is 5.75 Å². The summed E-state index contributed by atoms with van der Waals surface area (Å²) in [5.74, 6) is 0.313. The Balaban J connectivity index is 1.85. The maximum absolute atomic E-state index is 10.0. The molecule has 112 valence electrons. The van der Waals surface area contributed by atoms with Crippen LogP contribution in [-0.2, 0) is 4.74 Å². The Bertz CT molecular complexity index is 671. The average molecular weight is 292 g/mol. The molecule has 0 saturated carbocycles. The number of phenols is 1. The third kappa shape index (κ3) is 3.66. The van der Waals surface area contributed by atoms with Crippen molar-refractivity contribution in [3.05, 3.63) is 77.9 Å². The summed E-state index contributed by atoms with van der Waals surface area (Å²) in [4.78, 5) is 0. The molecule has 2 nitrogen and oxygen atoms in total. The fourth-order valence-electron chi connectivity index (χ4n) is 2.67. The van der Waals surface area contributed by atoms with Crippen LogP contribution in [0.3, 0.4) is 0 Å². The Labute approximate surface area is 131 Å². The largest absolute Gasteiger partial charge is 0.507 e. The first kappa shape index (κ1) is 14.6. The lowest BCUT2D eigenvalue weighted by atomic mass is 9.97. The number of para-hydroxylation sites is 1. The summed E-state index contributed by atoms with van der Waals surface area (Å²) in [7, 11) is 0. The zero-order valence-corrected chi connectivity index (χ0v) is 12.5. The first-order chi connectivity index (χ1) is 10.8. The van der Waals surface area contributed by atoms with E-state index in [9.17, 15) is 5.11 Å². The molecule has 22 heavy (non-hydrogen) atoms. The lowest BCUT2D eigenvalue weighted by Gasteiger charge is -2.12. The molecule has 2 aromatic rings. The van der Waals surface area contributed by atoms with Gasteiger partial charge in [0, 0.05) is 5.56 Å². The zero-order valence-electron chi connectivity index (χ0n) is 12.5. The van der Waals surface area contributed by atoms with Gasteiger partial charge in [0.15, 0.2) is 0 Å². The van der Waals surface area contributed by atoms with Gasteiger partial charge in [-0.15, -0.1) is 0 Å². The normalized spacial score (nSPS) is 17.8. The van der Waals surface area contributed by atoms with Crippen molar-refractivity contribution in [1.29, 1.82) is 0 Å². The number of rotatable bonds is 5. The molecule has 0 unspecified atom stereocenters. The Morgan fingerprint density at radius 2 is 1.86 bits per heavy atom. The lowest BCUT2D eigenvalue weighted by Crippen LogP contribution is -2.04. The first-order valence-corrected chi connectivity index (χ1v) is 7.65. The van der Waals surface area contributed by atoms with E-state index in [1.807, 2.05) is 36.4 Å². The van der Waals surface area contributed by atoms with Crippen LogP contribution in [0.1, 0.15) is 24.0 Å². The van der Waals surface area contributed by atoms with Crippen molar-refractivity contribution < 1.29 is 9.84 Å². The van der Waals surface area contributed by atoms with Crippen molar-refractivity contribution in [3.63, 3.8) is 0 Å². The molecule has 2 aromatic carbocycles. The number of hydrogen-bond acceptors (Lipinski definition) is 2. The van der Waals surface area contributed by atoms with Crippen LogP contribution in [-0.4, -0.2) is 17.8 Å². The highest BCUT2D eigenvalue weighted by Gasteiger charge is 2.11. The highest BCUT2D eigenvalue weighted by molar-refractivity contribution is 5.83. The van der Waals surface area contributed by atoms with Crippen LogP contribution in [0.15, 0.2) is 66.7 Å². The Morgan fingerprint density at radius 3 is 2.59 bits per heavy atom. The molecule has 1 atom stereocenters. The van der Waals surface area contributed by atoms with Crippen molar-refractivity contribution >= 4 is 11.6 Å². The van der Waals surface area contributed by atoms with Crippen LogP contribution in [0, 0.1) is 0 Å². The summed E-state index contributed by atoms with van der Waals surface area (Å²) < 4.78 is 5.63. The lowest BCUT2D eigenvalue weighted by molar-refractivity contribution is 0.123. The van der Waals surface area contributed by atoms with E-state index in [0.717, 1.165) is 18.4 Å². The van der Waals surface area contributed by atoms with E-state index in [1.54, 1.807) is 6.07 Å². The van der Waals surface area contributed by atoms with E-state index in [2.05, 4.69) is 30.4 Å². The number of aromatic hydroxyl groups is 1. The molecule has 0 radical (unpaired) electrons. The van der Waals surface area contributed by atoms with Gasteiger partial charge in [-0.3, -0.25) is 0 Å². The van der Waals surface area contributed by atoms with Gasteiger partial charge >= 0.3 is 0 Å². The van der Waals surface area contributed by atoms with Gasteiger partial charge in [-0.1, -0.05) is 60.7 Å². The number of phenolic OH excluding ortho intramolecular Hbond substituents is 1. The van der Waals surface area contributed by atoms with E-state index in [1.165, 1.54) is 11.1 Å². The second-order valence-corrected chi connectivity index (χ2v) is 5.43. The molecule has 0 bridgehead atoms. The van der Waals surface area contributed by atoms with E-state index >= 15 is 0 Å². The van der Waals surface area contributed by atoms with Gasteiger partial charge < -0.3 is 9.84 Å². The quantitative estimate of drug-likeness (QED) is 0.641. The van der Waals surface area contributed by atoms with Gasteiger partial charge in [0.2, 0.25) is 0 Å². The molecular weight excluding hydrogens is 272 g/mol. The molecule has 3 rings (SSSR count). The molecule has 0 saturated heterocycles. The minimum Gasteiger partial charge on any atom is -0.507 e. The second kappa shape index (κ2) is 7.10.